The molecule has 0 bridgehead atoms. The molecular formula is C33H35F3N2O7. The van der Waals surface area contributed by atoms with Crippen molar-refractivity contribution in [2.45, 2.75) is 39.3 Å². The van der Waals surface area contributed by atoms with Gasteiger partial charge in [0.25, 0.3) is 0 Å². The smallest absolute Gasteiger partial charge is 0.389 e. The summed E-state index contributed by atoms with van der Waals surface area (Å²) in [7, 11) is 0. The van der Waals surface area contributed by atoms with Crippen molar-refractivity contribution in [3.8, 4) is 11.5 Å². The number of nitrogens with two attached hydrogens (primary N) is 2. The summed E-state index contributed by atoms with van der Waals surface area (Å²) in [5, 5.41) is 0. The number of nitrogen functional groups attached to an aromatic ring is 2. The zero-order chi connectivity index (χ0) is 33.0. The predicted octanol–water partition coefficient (Wildman–Crippen LogP) is 6.62. The summed E-state index contributed by atoms with van der Waals surface area (Å²) in [6.07, 6.45) is -2.01. The Bertz CT molecular complexity index is 1470. The number of carbonyl (C=O) groups excluding carboxylic acids is 3. The Morgan fingerprint density at radius 1 is 0.756 bits per heavy atom. The molecule has 0 heterocycles. The average Bonchev–Trinajstić information content (AvgIpc) is 2.97. The maximum Gasteiger partial charge on any atom is 0.389 e. The number of halogens is 3. The molecule has 0 amide bonds. The molecule has 0 radical (unpaired) electrons. The minimum absolute atomic E-state index is 0.00747. The van der Waals surface area contributed by atoms with Gasteiger partial charge in [0.05, 0.1) is 30.9 Å². The molecule has 3 rings (SSSR count). The zero-order valence-electron chi connectivity index (χ0n) is 24.9. The zero-order valence-corrected chi connectivity index (χ0v) is 24.9. The van der Waals surface area contributed by atoms with Crippen LogP contribution in [0.5, 0.6) is 11.5 Å². The number of alkyl halides is 3. The highest BCUT2D eigenvalue weighted by Gasteiger charge is 2.26. The fourth-order valence-corrected chi connectivity index (χ4v) is 3.78. The van der Waals surface area contributed by atoms with Crippen LogP contribution in [0.1, 0.15) is 59.4 Å². The maximum absolute atomic E-state index is 12.5. The first-order chi connectivity index (χ1) is 21.2. The van der Waals surface area contributed by atoms with Gasteiger partial charge in [-0.2, -0.15) is 13.2 Å². The number of benzene rings is 3. The van der Waals surface area contributed by atoms with Gasteiger partial charge in [-0.15, -0.1) is 0 Å². The average molecular weight is 629 g/mol. The molecule has 0 aliphatic carbocycles. The van der Waals surface area contributed by atoms with Crippen LogP contribution in [0.4, 0.5) is 24.5 Å². The van der Waals surface area contributed by atoms with E-state index in [4.69, 9.17) is 30.4 Å². The van der Waals surface area contributed by atoms with Crippen molar-refractivity contribution in [3.05, 3.63) is 89.5 Å². The summed E-state index contributed by atoms with van der Waals surface area (Å²) in [5.74, 6) is -1.09. The lowest BCUT2D eigenvalue weighted by Crippen LogP contribution is -2.28. The Hall–Kier alpha value is -5.00. The number of carbonyl (C=O) groups is 3. The van der Waals surface area contributed by atoms with Gasteiger partial charge in [-0.1, -0.05) is 26.0 Å². The molecule has 3 aromatic rings. The summed E-state index contributed by atoms with van der Waals surface area (Å²) in [5.41, 5.74) is 12.6. The minimum Gasteiger partial charge on any atom is -0.494 e. The third kappa shape index (κ3) is 12.6. The summed E-state index contributed by atoms with van der Waals surface area (Å²) < 4.78 is 58.0. The molecule has 3 aromatic carbocycles. The summed E-state index contributed by atoms with van der Waals surface area (Å²) >= 11 is 0. The van der Waals surface area contributed by atoms with Crippen molar-refractivity contribution in [1.82, 2.24) is 0 Å². The Kier molecular flexibility index (Phi) is 12.0. The monoisotopic (exact) mass is 628 g/mol. The minimum atomic E-state index is -4.18. The fraction of sp³-hybridized carbons (Fsp3) is 0.303. The molecule has 0 aliphatic heterocycles. The second-order valence-electron chi connectivity index (χ2n) is 11.0. The van der Waals surface area contributed by atoms with Crippen LogP contribution in [0.2, 0.25) is 0 Å². The van der Waals surface area contributed by atoms with E-state index in [1.54, 1.807) is 50.2 Å². The van der Waals surface area contributed by atoms with E-state index >= 15 is 0 Å². The first kappa shape index (κ1) is 34.5. The number of hydrogen-bond acceptors (Lipinski definition) is 9. The third-order valence-electron chi connectivity index (χ3n) is 6.13. The van der Waals surface area contributed by atoms with E-state index in [1.165, 1.54) is 42.5 Å². The maximum atomic E-state index is 12.5. The van der Waals surface area contributed by atoms with Crippen LogP contribution in [-0.4, -0.2) is 43.9 Å². The van der Waals surface area contributed by atoms with Crippen LogP contribution in [0, 0.1) is 5.41 Å². The molecule has 45 heavy (non-hydrogen) atoms. The van der Waals surface area contributed by atoms with Gasteiger partial charge in [-0.25, -0.2) is 14.4 Å². The van der Waals surface area contributed by atoms with Crippen molar-refractivity contribution in [2.24, 2.45) is 5.41 Å². The highest BCUT2D eigenvalue weighted by Crippen LogP contribution is 2.23. The van der Waals surface area contributed by atoms with Gasteiger partial charge >= 0.3 is 24.1 Å². The molecule has 9 nitrogen and oxygen atoms in total. The highest BCUT2D eigenvalue weighted by molar-refractivity contribution is 5.92. The molecule has 0 unspecified atom stereocenters. The molecule has 0 saturated heterocycles. The van der Waals surface area contributed by atoms with Crippen LogP contribution in [0.15, 0.2) is 72.8 Å². The first-order valence-electron chi connectivity index (χ1n) is 14.0. The van der Waals surface area contributed by atoms with Crippen LogP contribution in [0.3, 0.4) is 0 Å². The number of hydrogen-bond donors (Lipinski definition) is 2. The van der Waals surface area contributed by atoms with E-state index in [-0.39, 0.29) is 49.5 Å². The Labute approximate surface area is 258 Å². The van der Waals surface area contributed by atoms with E-state index < -0.39 is 35.9 Å². The number of anilines is 2. The lowest BCUT2D eigenvalue weighted by Gasteiger charge is -2.23. The topological polar surface area (TPSA) is 140 Å². The predicted molar refractivity (Wildman–Crippen MR) is 163 cm³/mol. The molecule has 0 atom stereocenters. The number of esters is 3. The van der Waals surface area contributed by atoms with Crippen molar-refractivity contribution in [3.63, 3.8) is 0 Å². The van der Waals surface area contributed by atoms with Gasteiger partial charge in [-0.05, 0) is 79.1 Å². The van der Waals surface area contributed by atoms with Crippen LogP contribution >= 0.6 is 0 Å². The lowest BCUT2D eigenvalue weighted by atomic mass is 9.96. The fourth-order valence-electron chi connectivity index (χ4n) is 3.78. The molecule has 0 aromatic heterocycles. The molecule has 0 aliphatic rings. The quantitative estimate of drug-likeness (QED) is 0.0662. The third-order valence-corrected chi connectivity index (χ3v) is 6.13. The van der Waals surface area contributed by atoms with E-state index in [2.05, 4.69) is 0 Å². The van der Waals surface area contributed by atoms with Gasteiger partial charge in [0.15, 0.2) is 0 Å². The van der Waals surface area contributed by atoms with Crippen molar-refractivity contribution in [1.29, 1.82) is 0 Å². The van der Waals surface area contributed by atoms with Gasteiger partial charge < -0.3 is 30.4 Å². The summed E-state index contributed by atoms with van der Waals surface area (Å²) in [6, 6.07) is 16.9. The van der Waals surface area contributed by atoms with E-state index in [9.17, 15) is 27.6 Å². The largest absolute Gasteiger partial charge is 0.494 e. The normalized spacial score (nSPS) is 11.7. The van der Waals surface area contributed by atoms with Crippen molar-refractivity contribution < 1.29 is 46.5 Å². The molecule has 240 valence electrons. The van der Waals surface area contributed by atoms with E-state index in [0.29, 0.717) is 22.7 Å². The van der Waals surface area contributed by atoms with Gasteiger partial charge in [0.2, 0.25) is 0 Å². The van der Waals surface area contributed by atoms with Gasteiger partial charge in [0.1, 0.15) is 11.5 Å². The summed E-state index contributed by atoms with van der Waals surface area (Å²) in [6.45, 7) is 3.67. The number of rotatable bonds is 14. The Morgan fingerprint density at radius 2 is 1.36 bits per heavy atom. The summed E-state index contributed by atoms with van der Waals surface area (Å²) in [4.78, 5) is 37.0. The second kappa shape index (κ2) is 15.6. The standard InChI is InChI=1S/C33H35F3N2O7/c1-32(2,21-44-30(40)24-17-25(37)19-26(38)18-24)20-43-29(39)14-7-22-5-10-28(11-6-22)45-31(41)23-8-12-27(13-9-23)42-16-4-3-15-33(34,35)36/h5-14,17-19H,3-4,15-16,20-21,37-38H2,1-2H3/b14-7+. The van der Waals surface area contributed by atoms with E-state index in [0.717, 1.165) is 0 Å². The molecule has 12 heteroatoms. The van der Waals surface area contributed by atoms with Crippen LogP contribution < -0.4 is 20.9 Å². The highest BCUT2D eigenvalue weighted by atomic mass is 19.4. The first-order valence-corrected chi connectivity index (χ1v) is 14.0. The SMILES string of the molecule is CC(C)(COC(=O)/C=C/c1ccc(OC(=O)c2ccc(OCCCCC(F)(F)F)cc2)cc1)COC(=O)c1cc(N)cc(N)c1. The van der Waals surface area contributed by atoms with Crippen molar-refractivity contribution in [2.75, 3.05) is 31.3 Å². The van der Waals surface area contributed by atoms with Gasteiger partial charge in [0, 0.05) is 29.3 Å². The Balaban J connectivity index is 1.40. The number of unbranched alkanes of at least 4 members (excludes halogenated alkanes) is 1. The Morgan fingerprint density at radius 3 is 1.98 bits per heavy atom. The molecule has 0 spiro atoms. The molecule has 4 N–H and O–H groups in total. The van der Waals surface area contributed by atoms with Crippen LogP contribution in [-0.2, 0) is 14.3 Å². The second-order valence-corrected chi connectivity index (χ2v) is 11.0. The number of ether oxygens (including phenoxy) is 4. The van der Waals surface area contributed by atoms with Gasteiger partial charge in [-0.3, -0.25) is 0 Å². The van der Waals surface area contributed by atoms with Crippen LogP contribution in [0.25, 0.3) is 6.08 Å². The van der Waals surface area contributed by atoms with Crippen molar-refractivity contribution >= 4 is 35.4 Å². The molecule has 0 saturated carbocycles. The lowest BCUT2D eigenvalue weighted by molar-refractivity contribution is -0.141. The molecular weight excluding hydrogens is 593 g/mol. The molecule has 0 fully saturated rings. The van der Waals surface area contributed by atoms with E-state index in [1.807, 2.05) is 0 Å².